The van der Waals surface area contributed by atoms with Crippen molar-refractivity contribution in [3.8, 4) is 0 Å². The molecule has 1 fully saturated rings. The third kappa shape index (κ3) is 7.58. The van der Waals surface area contributed by atoms with Crippen LogP contribution in [0.15, 0.2) is 0 Å². The van der Waals surface area contributed by atoms with Gasteiger partial charge in [-0.15, -0.1) is 0 Å². The quantitative estimate of drug-likeness (QED) is 0.602. The van der Waals surface area contributed by atoms with Crippen molar-refractivity contribution in [3.63, 3.8) is 0 Å². The van der Waals surface area contributed by atoms with Gasteiger partial charge in [-0.2, -0.15) is 0 Å². The maximum absolute atomic E-state index is 9.95. The van der Waals surface area contributed by atoms with Crippen molar-refractivity contribution >= 4 is 0 Å². The Morgan fingerprint density at radius 3 is 2.75 bits per heavy atom. The van der Waals surface area contributed by atoms with Crippen LogP contribution in [0.3, 0.4) is 0 Å². The van der Waals surface area contributed by atoms with Gasteiger partial charge in [-0.3, -0.25) is 0 Å². The Morgan fingerprint density at radius 1 is 1.30 bits per heavy atom. The zero-order chi connectivity index (χ0) is 14.8. The number of hydrogen-bond donors (Lipinski definition) is 2. The lowest BCUT2D eigenvalue weighted by Gasteiger charge is -2.31. The summed E-state index contributed by atoms with van der Waals surface area (Å²) in [6, 6.07) is 0. The lowest BCUT2D eigenvalue weighted by molar-refractivity contribution is -0.0498. The van der Waals surface area contributed by atoms with E-state index in [1.807, 2.05) is 0 Å². The minimum Gasteiger partial charge on any atom is -0.389 e. The fourth-order valence-electron chi connectivity index (χ4n) is 2.94. The van der Waals surface area contributed by atoms with E-state index >= 15 is 0 Å². The first-order chi connectivity index (χ1) is 9.63. The second-order valence-corrected chi connectivity index (χ2v) is 6.34. The molecular weight excluding hydrogens is 252 g/mol. The van der Waals surface area contributed by atoms with Gasteiger partial charge in [-0.25, -0.2) is 0 Å². The van der Waals surface area contributed by atoms with Gasteiger partial charge in [0.2, 0.25) is 0 Å². The zero-order valence-electron chi connectivity index (χ0n) is 13.6. The van der Waals surface area contributed by atoms with E-state index in [-0.39, 0.29) is 6.10 Å². The SMILES string of the molecule is CCC1CCCCC1OCC(O)CNCCCN(C)C. The molecule has 0 saturated heterocycles. The Kier molecular flexibility index (Phi) is 9.44. The molecular formula is C16H34N2O2. The highest BCUT2D eigenvalue weighted by Gasteiger charge is 2.24. The Balaban J connectivity index is 2.05. The molecule has 4 heteroatoms. The molecule has 0 aromatic heterocycles. The summed E-state index contributed by atoms with van der Waals surface area (Å²) in [5.74, 6) is 0.698. The monoisotopic (exact) mass is 286 g/mol. The number of ether oxygens (including phenoxy) is 1. The van der Waals surface area contributed by atoms with Gasteiger partial charge in [-0.1, -0.05) is 26.2 Å². The van der Waals surface area contributed by atoms with Crippen molar-refractivity contribution in [2.75, 3.05) is 40.3 Å². The highest BCUT2D eigenvalue weighted by molar-refractivity contribution is 4.75. The Labute approximate surface area is 124 Å². The van der Waals surface area contributed by atoms with Crippen molar-refractivity contribution in [3.05, 3.63) is 0 Å². The Bertz CT molecular complexity index is 237. The van der Waals surface area contributed by atoms with Crippen molar-refractivity contribution in [1.29, 1.82) is 0 Å². The van der Waals surface area contributed by atoms with Gasteiger partial charge in [-0.05, 0) is 52.4 Å². The molecule has 1 aliphatic carbocycles. The van der Waals surface area contributed by atoms with E-state index < -0.39 is 0 Å². The second-order valence-electron chi connectivity index (χ2n) is 6.34. The van der Waals surface area contributed by atoms with Crippen LogP contribution in [0.25, 0.3) is 0 Å². The molecule has 0 aliphatic heterocycles. The number of hydrogen-bond acceptors (Lipinski definition) is 4. The van der Waals surface area contributed by atoms with Gasteiger partial charge in [0.1, 0.15) is 0 Å². The van der Waals surface area contributed by atoms with Crippen LogP contribution in [0.2, 0.25) is 0 Å². The molecule has 0 radical (unpaired) electrons. The topological polar surface area (TPSA) is 44.7 Å². The maximum Gasteiger partial charge on any atom is 0.0897 e. The molecule has 3 atom stereocenters. The first kappa shape index (κ1) is 17.9. The highest BCUT2D eigenvalue weighted by Crippen LogP contribution is 2.29. The summed E-state index contributed by atoms with van der Waals surface area (Å²) in [7, 11) is 4.16. The molecule has 0 heterocycles. The smallest absolute Gasteiger partial charge is 0.0897 e. The largest absolute Gasteiger partial charge is 0.389 e. The highest BCUT2D eigenvalue weighted by atomic mass is 16.5. The fraction of sp³-hybridized carbons (Fsp3) is 1.00. The molecule has 1 rings (SSSR count). The average molecular weight is 286 g/mol. The summed E-state index contributed by atoms with van der Waals surface area (Å²) in [5, 5.41) is 13.2. The molecule has 20 heavy (non-hydrogen) atoms. The van der Waals surface area contributed by atoms with Crippen LogP contribution in [0.5, 0.6) is 0 Å². The third-order valence-corrected chi connectivity index (χ3v) is 4.21. The summed E-state index contributed by atoms with van der Waals surface area (Å²) in [6.07, 6.45) is 7.38. The third-order valence-electron chi connectivity index (χ3n) is 4.21. The number of rotatable bonds is 10. The molecule has 0 aromatic carbocycles. The first-order valence-electron chi connectivity index (χ1n) is 8.28. The average Bonchev–Trinajstić information content (AvgIpc) is 2.44. The minimum atomic E-state index is -0.381. The number of nitrogens with zero attached hydrogens (tertiary/aromatic N) is 1. The van der Waals surface area contributed by atoms with Crippen LogP contribution in [0.1, 0.15) is 45.4 Å². The van der Waals surface area contributed by atoms with Crippen LogP contribution < -0.4 is 5.32 Å². The van der Waals surface area contributed by atoms with E-state index in [1.54, 1.807) is 0 Å². The summed E-state index contributed by atoms with van der Waals surface area (Å²) >= 11 is 0. The number of aliphatic hydroxyl groups is 1. The van der Waals surface area contributed by atoms with Crippen molar-refractivity contribution in [2.24, 2.45) is 5.92 Å². The van der Waals surface area contributed by atoms with Crippen LogP contribution in [-0.4, -0.2) is 62.6 Å². The standard InChI is InChI=1S/C16H34N2O2/c1-4-14-8-5-6-9-16(14)20-13-15(19)12-17-10-7-11-18(2)3/h14-17,19H,4-13H2,1-3H3. The van der Waals surface area contributed by atoms with E-state index in [9.17, 15) is 5.11 Å². The van der Waals surface area contributed by atoms with Crippen molar-refractivity contribution in [1.82, 2.24) is 10.2 Å². The molecule has 0 aromatic rings. The summed E-state index contributed by atoms with van der Waals surface area (Å²) in [5.41, 5.74) is 0. The lowest BCUT2D eigenvalue weighted by Crippen LogP contribution is -2.35. The number of aliphatic hydroxyl groups excluding tert-OH is 1. The lowest BCUT2D eigenvalue weighted by atomic mass is 9.85. The van der Waals surface area contributed by atoms with Crippen LogP contribution in [-0.2, 0) is 4.74 Å². The molecule has 3 unspecified atom stereocenters. The number of nitrogens with one attached hydrogen (secondary N) is 1. The summed E-state index contributed by atoms with van der Waals surface area (Å²) in [6.45, 7) is 5.39. The Hall–Kier alpha value is -0.160. The predicted octanol–water partition coefficient (Wildman–Crippen LogP) is 1.87. The van der Waals surface area contributed by atoms with E-state index in [2.05, 4.69) is 31.2 Å². The van der Waals surface area contributed by atoms with Crippen LogP contribution in [0, 0.1) is 5.92 Å². The normalized spacial score (nSPS) is 25.1. The van der Waals surface area contributed by atoms with E-state index in [0.29, 0.717) is 25.2 Å². The first-order valence-corrected chi connectivity index (χ1v) is 8.28. The van der Waals surface area contributed by atoms with Crippen LogP contribution >= 0.6 is 0 Å². The Morgan fingerprint density at radius 2 is 2.05 bits per heavy atom. The molecule has 0 spiro atoms. The van der Waals surface area contributed by atoms with Gasteiger partial charge >= 0.3 is 0 Å². The van der Waals surface area contributed by atoms with E-state index in [0.717, 1.165) is 19.5 Å². The molecule has 4 nitrogen and oxygen atoms in total. The van der Waals surface area contributed by atoms with Gasteiger partial charge < -0.3 is 20.1 Å². The maximum atomic E-state index is 9.95. The molecule has 2 N–H and O–H groups in total. The van der Waals surface area contributed by atoms with Gasteiger partial charge in [0, 0.05) is 6.54 Å². The summed E-state index contributed by atoms with van der Waals surface area (Å²) in [4.78, 5) is 2.18. The van der Waals surface area contributed by atoms with E-state index in [1.165, 1.54) is 32.1 Å². The molecule has 120 valence electrons. The van der Waals surface area contributed by atoms with Crippen LogP contribution in [0.4, 0.5) is 0 Å². The van der Waals surface area contributed by atoms with Gasteiger partial charge in [0.05, 0.1) is 18.8 Å². The van der Waals surface area contributed by atoms with E-state index in [4.69, 9.17) is 4.74 Å². The van der Waals surface area contributed by atoms with Gasteiger partial charge in [0.15, 0.2) is 0 Å². The molecule has 0 amide bonds. The minimum absolute atomic E-state index is 0.372. The van der Waals surface area contributed by atoms with Crippen molar-refractivity contribution < 1.29 is 9.84 Å². The summed E-state index contributed by atoms with van der Waals surface area (Å²) < 4.78 is 5.95. The molecule has 1 saturated carbocycles. The molecule has 1 aliphatic rings. The molecule has 0 bridgehead atoms. The second kappa shape index (κ2) is 10.6. The fourth-order valence-corrected chi connectivity index (χ4v) is 2.94. The van der Waals surface area contributed by atoms with Gasteiger partial charge in [0.25, 0.3) is 0 Å². The zero-order valence-corrected chi connectivity index (χ0v) is 13.6. The van der Waals surface area contributed by atoms with Crippen molar-refractivity contribution in [2.45, 2.75) is 57.7 Å². The predicted molar refractivity (Wildman–Crippen MR) is 84.0 cm³/mol.